The Balaban J connectivity index is 1.57. The van der Waals surface area contributed by atoms with Crippen LogP contribution in [0, 0.1) is 0 Å². The molecule has 3 rings (SSSR count). The predicted octanol–water partition coefficient (Wildman–Crippen LogP) is 3.38. The molecule has 0 radical (unpaired) electrons. The van der Waals surface area contributed by atoms with Gasteiger partial charge in [0, 0.05) is 38.9 Å². The van der Waals surface area contributed by atoms with Gasteiger partial charge in [-0.15, -0.1) is 0 Å². The summed E-state index contributed by atoms with van der Waals surface area (Å²) in [5.41, 5.74) is 3.74. The van der Waals surface area contributed by atoms with Gasteiger partial charge >= 0.3 is 0 Å². The third kappa shape index (κ3) is 4.85. The molecule has 0 aromatic heterocycles. The number of carbonyl (C=O) groups excluding carboxylic acids is 1. The van der Waals surface area contributed by atoms with Crippen molar-refractivity contribution in [2.75, 3.05) is 38.6 Å². The Morgan fingerprint density at radius 3 is 2.31 bits per heavy atom. The molecule has 138 valence electrons. The van der Waals surface area contributed by atoms with E-state index in [1.807, 2.05) is 37.2 Å². The number of hydrogen-bond donors (Lipinski definition) is 0. The van der Waals surface area contributed by atoms with Crippen LogP contribution >= 0.6 is 0 Å². The highest BCUT2D eigenvalue weighted by Gasteiger charge is 2.18. The van der Waals surface area contributed by atoms with E-state index in [1.54, 1.807) is 0 Å². The van der Waals surface area contributed by atoms with Gasteiger partial charge in [-0.3, -0.25) is 9.69 Å². The van der Waals surface area contributed by atoms with E-state index in [1.165, 1.54) is 29.7 Å². The van der Waals surface area contributed by atoms with E-state index in [0.29, 0.717) is 13.1 Å². The number of para-hydroxylation sites is 1. The van der Waals surface area contributed by atoms with Gasteiger partial charge in [0.2, 0.25) is 5.91 Å². The molecule has 1 amide bonds. The van der Waals surface area contributed by atoms with Gasteiger partial charge in [0.25, 0.3) is 0 Å². The molecule has 1 heterocycles. The van der Waals surface area contributed by atoms with Crippen LogP contribution < -0.4 is 4.90 Å². The minimum absolute atomic E-state index is 0.152. The summed E-state index contributed by atoms with van der Waals surface area (Å²) in [5.74, 6) is 0.152. The third-order valence-electron chi connectivity index (χ3n) is 4.97. The smallest absolute Gasteiger partial charge is 0.236 e. The maximum Gasteiger partial charge on any atom is 0.236 e. The monoisotopic (exact) mass is 351 g/mol. The fourth-order valence-corrected chi connectivity index (χ4v) is 3.56. The van der Waals surface area contributed by atoms with E-state index in [2.05, 4.69) is 46.2 Å². The van der Waals surface area contributed by atoms with Crippen molar-refractivity contribution in [2.24, 2.45) is 0 Å². The number of likely N-dealkylation sites (N-methyl/N-ethyl adjacent to an activating group) is 2. The zero-order chi connectivity index (χ0) is 18.4. The van der Waals surface area contributed by atoms with Gasteiger partial charge in [-0.25, -0.2) is 0 Å². The molecule has 0 spiro atoms. The predicted molar refractivity (Wildman–Crippen MR) is 107 cm³/mol. The van der Waals surface area contributed by atoms with E-state index in [9.17, 15) is 4.79 Å². The summed E-state index contributed by atoms with van der Waals surface area (Å²) in [7, 11) is 3.90. The second-order valence-corrected chi connectivity index (χ2v) is 7.23. The zero-order valence-electron chi connectivity index (χ0n) is 15.9. The molecular formula is C22H29N3O. The number of carbonyl (C=O) groups is 1. The van der Waals surface area contributed by atoms with E-state index >= 15 is 0 Å². The molecule has 1 saturated heterocycles. The SMILES string of the molecule is CN(CC(=O)N(C)Cc1ccccc1N1CCCC1)Cc1ccccc1. The first-order chi connectivity index (χ1) is 12.6. The van der Waals surface area contributed by atoms with Crippen molar-refractivity contribution in [1.82, 2.24) is 9.80 Å². The van der Waals surface area contributed by atoms with Crippen LogP contribution in [0.15, 0.2) is 54.6 Å². The normalized spacial score (nSPS) is 14.0. The molecule has 0 unspecified atom stereocenters. The highest BCUT2D eigenvalue weighted by atomic mass is 16.2. The molecule has 1 fully saturated rings. The summed E-state index contributed by atoms with van der Waals surface area (Å²) >= 11 is 0. The van der Waals surface area contributed by atoms with Crippen LogP contribution in [0.3, 0.4) is 0 Å². The standard InChI is InChI=1S/C22H29N3O/c1-23(16-19-10-4-3-5-11-19)18-22(26)24(2)17-20-12-6-7-13-21(20)25-14-8-9-15-25/h3-7,10-13H,8-9,14-18H2,1-2H3. The molecule has 0 bridgehead atoms. The van der Waals surface area contributed by atoms with E-state index in [0.717, 1.165) is 19.6 Å². The molecule has 0 N–H and O–H groups in total. The molecule has 2 aromatic carbocycles. The minimum atomic E-state index is 0.152. The van der Waals surface area contributed by atoms with Gasteiger partial charge in [-0.05, 0) is 37.1 Å². The summed E-state index contributed by atoms with van der Waals surface area (Å²) in [6.07, 6.45) is 2.51. The minimum Gasteiger partial charge on any atom is -0.371 e. The summed E-state index contributed by atoms with van der Waals surface area (Å²) < 4.78 is 0. The molecule has 2 aromatic rings. The van der Waals surface area contributed by atoms with E-state index in [-0.39, 0.29) is 5.91 Å². The van der Waals surface area contributed by atoms with Crippen molar-refractivity contribution < 1.29 is 4.79 Å². The molecule has 4 heteroatoms. The largest absolute Gasteiger partial charge is 0.371 e. The highest BCUT2D eigenvalue weighted by molar-refractivity contribution is 5.78. The number of benzene rings is 2. The Morgan fingerprint density at radius 2 is 1.58 bits per heavy atom. The van der Waals surface area contributed by atoms with Crippen molar-refractivity contribution in [3.8, 4) is 0 Å². The molecule has 26 heavy (non-hydrogen) atoms. The van der Waals surface area contributed by atoms with Crippen LogP contribution in [0.25, 0.3) is 0 Å². The maximum atomic E-state index is 12.7. The van der Waals surface area contributed by atoms with Crippen molar-refractivity contribution >= 4 is 11.6 Å². The molecule has 1 aliphatic heterocycles. The van der Waals surface area contributed by atoms with Gasteiger partial charge in [0.15, 0.2) is 0 Å². The van der Waals surface area contributed by atoms with Crippen LogP contribution in [-0.4, -0.2) is 49.4 Å². The first-order valence-corrected chi connectivity index (χ1v) is 9.43. The Labute approximate surface area is 157 Å². The molecule has 1 aliphatic rings. The molecule has 0 atom stereocenters. The maximum absolute atomic E-state index is 12.7. The summed E-state index contributed by atoms with van der Waals surface area (Å²) in [6.45, 7) is 4.11. The van der Waals surface area contributed by atoms with Gasteiger partial charge < -0.3 is 9.80 Å². The lowest BCUT2D eigenvalue weighted by Crippen LogP contribution is -2.36. The van der Waals surface area contributed by atoms with Gasteiger partial charge in [0.1, 0.15) is 0 Å². The first kappa shape index (κ1) is 18.5. The van der Waals surface area contributed by atoms with Gasteiger partial charge in [-0.2, -0.15) is 0 Å². The number of hydrogen-bond acceptors (Lipinski definition) is 3. The number of anilines is 1. The topological polar surface area (TPSA) is 26.8 Å². The average Bonchev–Trinajstić information content (AvgIpc) is 3.17. The molecule has 0 saturated carbocycles. The quantitative estimate of drug-likeness (QED) is 0.765. The van der Waals surface area contributed by atoms with E-state index < -0.39 is 0 Å². The third-order valence-corrected chi connectivity index (χ3v) is 4.97. The first-order valence-electron chi connectivity index (χ1n) is 9.43. The summed E-state index contributed by atoms with van der Waals surface area (Å²) in [4.78, 5) is 19.0. The van der Waals surface area contributed by atoms with Crippen molar-refractivity contribution in [2.45, 2.75) is 25.9 Å². The Morgan fingerprint density at radius 1 is 0.923 bits per heavy atom. The van der Waals surface area contributed by atoms with Crippen molar-refractivity contribution in [3.63, 3.8) is 0 Å². The lowest BCUT2D eigenvalue weighted by molar-refractivity contribution is -0.131. The van der Waals surface area contributed by atoms with Crippen LogP contribution in [0.2, 0.25) is 0 Å². The Hall–Kier alpha value is -2.33. The Bertz CT molecular complexity index is 710. The lowest BCUT2D eigenvalue weighted by atomic mass is 10.1. The number of rotatable bonds is 7. The average molecular weight is 351 g/mol. The zero-order valence-corrected chi connectivity index (χ0v) is 15.9. The second-order valence-electron chi connectivity index (χ2n) is 7.23. The fraction of sp³-hybridized carbons (Fsp3) is 0.409. The van der Waals surface area contributed by atoms with Crippen LogP contribution in [0.4, 0.5) is 5.69 Å². The lowest BCUT2D eigenvalue weighted by Gasteiger charge is -2.26. The summed E-state index contributed by atoms with van der Waals surface area (Å²) in [5, 5.41) is 0. The van der Waals surface area contributed by atoms with Crippen LogP contribution in [-0.2, 0) is 17.9 Å². The van der Waals surface area contributed by atoms with Crippen molar-refractivity contribution in [1.29, 1.82) is 0 Å². The van der Waals surface area contributed by atoms with Crippen LogP contribution in [0.1, 0.15) is 24.0 Å². The highest BCUT2D eigenvalue weighted by Crippen LogP contribution is 2.25. The molecule has 4 nitrogen and oxygen atoms in total. The van der Waals surface area contributed by atoms with Gasteiger partial charge in [-0.1, -0.05) is 48.5 Å². The van der Waals surface area contributed by atoms with Crippen molar-refractivity contribution in [3.05, 3.63) is 65.7 Å². The molecular weight excluding hydrogens is 322 g/mol. The Kier molecular flexibility index (Phi) is 6.29. The fourth-order valence-electron chi connectivity index (χ4n) is 3.56. The number of nitrogens with zero attached hydrogens (tertiary/aromatic N) is 3. The second kappa shape index (κ2) is 8.86. The van der Waals surface area contributed by atoms with Crippen LogP contribution in [0.5, 0.6) is 0 Å². The van der Waals surface area contributed by atoms with Gasteiger partial charge in [0.05, 0.1) is 6.54 Å². The molecule has 0 aliphatic carbocycles. The van der Waals surface area contributed by atoms with E-state index in [4.69, 9.17) is 0 Å². The summed E-state index contributed by atoms with van der Waals surface area (Å²) in [6, 6.07) is 18.8. The number of amides is 1.